The monoisotopic (exact) mass is 364 g/mol. The Bertz CT molecular complexity index is 873. The fraction of sp³-hybridized carbons (Fsp3) is 0.333. The molecule has 0 radical (unpaired) electrons. The summed E-state index contributed by atoms with van der Waals surface area (Å²) in [5.74, 6) is 2.14. The van der Waals surface area contributed by atoms with Crippen molar-refractivity contribution >= 4 is 5.69 Å². The van der Waals surface area contributed by atoms with Gasteiger partial charge in [0, 0.05) is 43.5 Å². The molecule has 140 valence electrons. The van der Waals surface area contributed by atoms with Crippen LogP contribution in [0.15, 0.2) is 59.0 Å². The molecule has 1 aromatic heterocycles. The van der Waals surface area contributed by atoms with Crippen molar-refractivity contribution in [2.24, 2.45) is 0 Å². The van der Waals surface area contributed by atoms with Crippen molar-refractivity contribution in [3.05, 3.63) is 60.5 Å². The van der Waals surface area contributed by atoms with Crippen molar-refractivity contribution in [1.29, 1.82) is 0 Å². The quantitative estimate of drug-likeness (QED) is 0.689. The molecule has 4 rings (SSSR count). The molecule has 6 nitrogen and oxygen atoms in total. The number of rotatable bonds is 5. The molecule has 0 unspecified atom stereocenters. The van der Waals surface area contributed by atoms with Gasteiger partial charge in [-0.25, -0.2) is 0 Å². The van der Waals surface area contributed by atoms with Crippen LogP contribution in [0.25, 0.3) is 11.5 Å². The van der Waals surface area contributed by atoms with Gasteiger partial charge in [-0.2, -0.15) is 0 Å². The minimum absolute atomic E-state index is 0.0995. The molecule has 27 heavy (non-hydrogen) atoms. The fourth-order valence-corrected chi connectivity index (χ4v) is 3.43. The molecule has 6 heteroatoms. The van der Waals surface area contributed by atoms with Gasteiger partial charge in [0.2, 0.25) is 11.8 Å². The number of piperazine rings is 1. The predicted octanol–water partition coefficient (Wildman–Crippen LogP) is 3.63. The third kappa shape index (κ3) is 3.80. The Hall–Kier alpha value is -2.86. The second-order valence-corrected chi connectivity index (χ2v) is 6.71. The van der Waals surface area contributed by atoms with Crippen LogP contribution in [0.4, 0.5) is 5.69 Å². The first-order valence-electron chi connectivity index (χ1n) is 9.26. The van der Waals surface area contributed by atoms with Crippen LogP contribution in [-0.4, -0.2) is 48.4 Å². The van der Waals surface area contributed by atoms with Gasteiger partial charge < -0.3 is 14.1 Å². The third-order valence-electron chi connectivity index (χ3n) is 5.10. The summed E-state index contributed by atoms with van der Waals surface area (Å²) in [5, 5.41) is 8.50. The van der Waals surface area contributed by atoms with E-state index in [1.54, 1.807) is 7.11 Å². The normalized spacial score (nSPS) is 16.3. The van der Waals surface area contributed by atoms with Crippen LogP contribution < -0.4 is 9.64 Å². The van der Waals surface area contributed by atoms with Crippen LogP contribution in [-0.2, 0) is 0 Å². The van der Waals surface area contributed by atoms with Crippen molar-refractivity contribution in [3.8, 4) is 17.2 Å². The molecule has 2 heterocycles. The number of methoxy groups -OCH3 is 1. The Morgan fingerprint density at radius 3 is 2.48 bits per heavy atom. The van der Waals surface area contributed by atoms with Gasteiger partial charge >= 0.3 is 0 Å². The lowest BCUT2D eigenvalue weighted by Crippen LogP contribution is -2.47. The van der Waals surface area contributed by atoms with E-state index in [1.165, 1.54) is 5.69 Å². The molecule has 0 spiro atoms. The number of hydrogen-bond donors (Lipinski definition) is 0. The average Bonchev–Trinajstić information content (AvgIpc) is 3.24. The molecule has 2 aromatic carbocycles. The molecule has 1 aliphatic rings. The van der Waals surface area contributed by atoms with Crippen LogP contribution in [0, 0.1) is 0 Å². The predicted molar refractivity (Wildman–Crippen MR) is 105 cm³/mol. The zero-order valence-electron chi connectivity index (χ0n) is 15.7. The van der Waals surface area contributed by atoms with Crippen molar-refractivity contribution in [1.82, 2.24) is 15.1 Å². The van der Waals surface area contributed by atoms with Crippen LogP contribution in [0.2, 0.25) is 0 Å². The zero-order valence-corrected chi connectivity index (χ0v) is 15.7. The standard InChI is InChI=1S/C21H24N4O2/c1-16(20-22-23-21(27-20)17-7-4-3-5-8-17)24-11-13-25(14-12-24)18-9-6-10-19(15-18)26-2/h3-10,15-16H,11-14H2,1-2H3/t16-/m1/s1. The summed E-state index contributed by atoms with van der Waals surface area (Å²) in [6.07, 6.45) is 0. The first-order chi connectivity index (χ1) is 13.2. The van der Waals surface area contributed by atoms with E-state index in [1.807, 2.05) is 42.5 Å². The van der Waals surface area contributed by atoms with E-state index in [0.29, 0.717) is 11.8 Å². The summed E-state index contributed by atoms with van der Waals surface area (Å²) >= 11 is 0. The maximum absolute atomic E-state index is 5.93. The SMILES string of the molecule is COc1cccc(N2CCN([C@H](C)c3nnc(-c4ccccc4)o3)CC2)c1. The number of benzene rings is 2. The maximum atomic E-state index is 5.93. The Balaban J connectivity index is 1.40. The molecule has 1 fully saturated rings. The van der Waals surface area contributed by atoms with Gasteiger partial charge in [0.1, 0.15) is 5.75 Å². The highest BCUT2D eigenvalue weighted by atomic mass is 16.5. The zero-order chi connectivity index (χ0) is 18.6. The second-order valence-electron chi connectivity index (χ2n) is 6.71. The van der Waals surface area contributed by atoms with Gasteiger partial charge in [0.15, 0.2) is 0 Å². The Morgan fingerprint density at radius 1 is 0.963 bits per heavy atom. The molecule has 0 aliphatic carbocycles. The minimum atomic E-state index is 0.0995. The van der Waals surface area contributed by atoms with Crippen LogP contribution in [0.3, 0.4) is 0 Å². The number of hydrogen-bond acceptors (Lipinski definition) is 6. The summed E-state index contributed by atoms with van der Waals surface area (Å²) in [5.41, 5.74) is 2.15. The largest absolute Gasteiger partial charge is 0.497 e. The molecule has 0 bridgehead atoms. The molecule has 0 amide bonds. The van der Waals surface area contributed by atoms with Gasteiger partial charge in [0.25, 0.3) is 0 Å². The third-order valence-corrected chi connectivity index (χ3v) is 5.10. The smallest absolute Gasteiger partial charge is 0.247 e. The lowest BCUT2D eigenvalue weighted by atomic mass is 10.2. The summed E-state index contributed by atoms with van der Waals surface area (Å²) in [6, 6.07) is 18.2. The highest BCUT2D eigenvalue weighted by molar-refractivity contribution is 5.52. The summed E-state index contributed by atoms with van der Waals surface area (Å²) in [4.78, 5) is 4.77. The molecule has 1 atom stereocenters. The van der Waals surface area contributed by atoms with E-state index in [2.05, 4.69) is 39.1 Å². The molecule has 1 aliphatic heterocycles. The maximum Gasteiger partial charge on any atom is 0.247 e. The Morgan fingerprint density at radius 2 is 1.74 bits per heavy atom. The van der Waals surface area contributed by atoms with Crippen LogP contribution >= 0.6 is 0 Å². The van der Waals surface area contributed by atoms with Crippen molar-refractivity contribution in [2.45, 2.75) is 13.0 Å². The summed E-state index contributed by atoms with van der Waals surface area (Å²) in [7, 11) is 1.70. The molecule has 0 N–H and O–H groups in total. The topological polar surface area (TPSA) is 54.6 Å². The number of aromatic nitrogens is 2. The number of anilines is 1. The van der Waals surface area contributed by atoms with Crippen molar-refractivity contribution in [2.75, 3.05) is 38.2 Å². The summed E-state index contributed by atoms with van der Waals surface area (Å²) in [6.45, 7) is 5.93. The van der Waals surface area contributed by atoms with Gasteiger partial charge in [-0.1, -0.05) is 24.3 Å². The van der Waals surface area contributed by atoms with Gasteiger partial charge in [-0.15, -0.1) is 10.2 Å². The van der Waals surface area contributed by atoms with Gasteiger partial charge in [-0.05, 0) is 31.2 Å². The van der Waals surface area contributed by atoms with E-state index in [4.69, 9.17) is 9.15 Å². The van der Waals surface area contributed by atoms with Crippen LogP contribution in [0.1, 0.15) is 18.9 Å². The highest BCUT2D eigenvalue weighted by Gasteiger charge is 2.26. The van der Waals surface area contributed by atoms with Crippen LogP contribution in [0.5, 0.6) is 5.75 Å². The van der Waals surface area contributed by atoms with E-state index >= 15 is 0 Å². The van der Waals surface area contributed by atoms with E-state index in [9.17, 15) is 0 Å². The van der Waals surface area contributed by atoms with E-state index in [-0.39, 0.29) is 6.04 Å². The fourth-order valence-electron chi connectivity index (χ4n) is 3.43. The molecule has 0 saturated carbocycles. The average molecular weight is 364 g/mol. The first kappa shape index (κ1) is 17.5. The van der Waals surface area contributed by atoms with Gasteiger partial charge in [-0.3, -0.25) is 4.90 Å². The van der Waals surface area contributed by atoms with E-state index in [0.717, 1.165) is 37.5 Å². The first-order valence-corrected chi connectivity index (χ1v) is 9.26. The molecule has 3 aromatic rings. The number of nitrogens with zero attached hydrogens (tertiary/aromatic N) is 4. The highest BCUT2D eigenvalue weighted by Crippen LogP contribution is 2.27. The minimum Gasteiger partial charge on any atom is -0.497 e. The molecular formula is C21H24N4O2. The lowest BCUT2D eigenvalue weighted by Gasteiger charge is -2.38. The number of ether oxygens (including phenoxy) is 1. The Labute approximate surface area is 159 Å². The second kappa shape index (κ2) is 7.80. The summed E-state index contributed by atoms with van der Waals surface area (Å²) < 4.78 is 11.3. The van der Waals surface area contributed by atoms with E-state index < -0.39 is 0 Å². The molecule has 1 saturated heterocycles. The lowest BCUT2D eigenvalue weighted by molar-refractivity contribution is 0.173. The molecular weight excluding hydrogens is 340 g/mol. The Kier molecular flexibility index (Phi) is 5.07. The van der Waals surface area contributed by atoms with Gasteiger partial charge in [0.05, 0.1) is 13.2 Å². The van der Waals surface area contributed by atoms with Crippen molar-refractivity contribution in [3.63, 3.8) is 0 Å². The van der Waals surface area contributed by atoms with Crippen molar-refractivity contribution < 1.29 is 9.15 Å².